The van der Waals surface area contributed by atoms with Gasteiger partial charge in [-0.2, -0.15) is 0 Å². The zero-order chi connectivity index (χ0) is 16.0. The molecule has 0 aliphatic carbocycles. The molecule has 0 radical (unpaired) electrons. The number of nitrogens with zero attached hydrogens (tertiary/aromatic N) is 1. The van der Waals surface area contributed by atoms with Gasteiger partial charge in [0.05, 0.1) is 6.04 Å². The lowest BCUT2D eigenvalue weighted by molar-refractivity contribution is 0.00515. The van der Waals surface area contributed by atoms with Crippen LogP contribution < -0.4 is 5.56 Å². The van der Waals surface area contributed by atoms with E-state index in [9.17, 15) is 9.59 Å². The summed E-state index contributed by atoms with van der Waals surface area (Å²) in [6, 6.07) is 8.99. The number of nitrogens with one attached hydrogen (secondary N) is 1. The molecule has 2 aromatic rings. The Morgan fingerprint density at radius 2 is 2.17 bits per heavy atom. The second kappa shape index (κ2) is 5.60. The molecule has 4 heterocycles. The first-order valence-corrected chi connectivity index (χ1v) is 8.57. The van der Waals surface area contributed by atoms with Gasteiger partial charge in [0.1, 0.15) is 0 Å². The monoisotopic (exact) mass is 310 g/mol. The van der Waals surface area contributed by atoms with Gasteiger partial charge in [0, 0.05) is 29.1 Å². The maximum atomic E-state index is 13.2. The van der Waals surface area contributed by atoms with Gasteiger partial charge in [0.2, 0.25) is 5.56 Å². The van der Waals surface area contributed by atoms with Crippen molar-refractivity contribution in [1.29, 1.82) is 0 Å². The molecule has 0 amide bonds. The number of benzene rings is 1. The third-order valence-electron chi connectivity index (χ3n) is 5.73. The molecule has 23 heavy (non-hydrogen) atoms. The lowest BCUT2D eigenvalue weighted by atomic mass is 9.73. The lowest BCUT2D eigenvalue weighted by Crippen LogP contribution is -2.56. The van der Waals surface area contributed by atoms with Crippen LogP contribution in [0.3, 0.4) is 0 Å². The smallest absolute Gasteiger partial charge is 0.249 e. The SMILES string of the molecule is CCC1CN2CCC1CC2C(=O)c1cc(=O)[nH]c2ccccc12. The summed E-state index contributed by atoms with van der Waals surface area (Å²) in [5, 5.41) is 0.854. The number of aromatic nitrogens is 1. The van der Waals surface area contributed by atoms with Crippen molar-refractivity contribution < 1.29 is 4.79 Å². The summed E-state index contributed by atoms with van der Waals surface area (Å²) in [6.45, 7) is 4.28. The third-order valence-corrected chi connectivity index (χ3v) is 5.73. The van der Waals surface area contributed by atoms with Crippen molar-refractivity contribution in [3.05, 3.63) is 46.2 Å². The van der Waals surface area contributed by atoms with E-state index in [0.29, 0.717) is 11.5 Å². The van der Waals surface area contributed by atoms with Crippen molar-refractivity contribution in [3.8, 4) is 0 Å². The fourth-order valence-corrected chi connectivity index (χ4v) is 4.46. The van der Waals surface area contributed by atoms with Gasteiger partial charge in [0.25, 0.3) is 0 Å². The number of fused-ring (bicyclic) bond motifs is 4. The van der Waals surface area contributed by atoms with Crippen molar-refractivity contribution in [2.45, 2.75) is 32.2 Å². The summed E-state index contributed by atoms with van der Waals surface area (Å²) in [5.41, 5.74) is 1.12. The molecule has 0 spiro atoms. The summed E-state index contributed by atoms with van der Waals surface area (Å²) in [7, 11) is 0. The molecule has 4 unspecified atom stereocenters. The average Bonchev–Trinajstić information content (AvgIpc) is 2.60. The predicted octanol–water partition coefficient (Wildman–Crippen LogP) is 2.83. The maximum Gasteiger partial charge on any atom is 0.249 e. The molecule has 3 aliphatic heterocycles. The molecule has 3 saturated heterocycles. The van der Waals surface area contributed by atoms with Crippen LogP contribution in [-0.4, -0.2) is 34.8 Å². The van der Waals surface area contributed by atoms with E-state index in [1.807, 2.05) is 24.3 Å². The molecule has 1 N–H and O–H groups in total. The number of para-hydroxylation sites is 1. The number of carbonyl (C=O) groups is 1. The summed E-state index contributed by atoms with van der Waals surface area (Å²) < 4.78 is 0. The van der Waals surface area contributed by atoms with Crippen LogP contribution in [0.5, 0.6) is 0 Å². The van der Waals surface area contributed by atoms with Crippen LogP contribution >= 0.6 is 0 Å². The van der Waals surface area contributed by atoms with Crippen LogP contribution in [0.15, 0.2) is 35.1 Å². The van der Waals surface area contributed by atoms with Crippen molar-refractivity contribution >= 4 is 16.7 Å². The normalized spacial score (nSPS) is 29.8. The largest absolute Gasteiger partial charge is 0.322 e. The predicted molar refractivity (Wildman–Crippen MR) is 90.8 cm³/mol. The molecule has 3 aliphatic rings. The van der Waals surface area contributed by atoms with Crippen molar-refractivity contribution in [1.82, 2.24) is 9.88 Å². The van der Waals surface area contributed by atoms with Gasteiger partial charge < -0.3 is 4.98 Å². The Morgan fingerprint density at radius 1 is 1.35 bits per heavy atom. The number of ketones is 1. The first-order chi connectivity index (χ1) is 11.2. The Kier molecular flexibility index (Phi) is 3.57. The number of rotatable bonds is 3. The highest BCUT2D eigenvalue weighted by molar-refractivity contribution is 6.09. The molecule has 4 heteroatoms. The average molecular weight is 310 g/mol. The quantitative estimate of drug-likeness (QED) is 0.887. The van der Waals surface area contributed by atoms with Gasteiger partial charge in [-0.15, -0.1) is 0 Å². The van der Waals surface area contributed by atoms with E-state index in [2.05, 4.69) is 16.8 Å². The lowest BCUT2D eigenvalue weighted by Gasteiger charge is -2.49. The number of pyridine rings is 1. The highest BCUT2D eigenvalue weighted by Crippen LogP contribution is 2.39. The van der Waals surface area contributed by atoms with Crippen LogP contribution in [0.2, 0.25) is 0 Å². The van der Waals surface area contributed by atoms with E-state index in [4.69, 9.17) is 0 Å². The van der Waals surface area contributed by atoms with E-state index < -0.39 is 0 Å². The number of aromatic amines is 1. The zero-order valence-corrected chi connectivity index (χ0v) is 13.4. The van der Waals surface area contributed by atoms with Crippen LogP contribution in [0.25, 0.3) is 10.9 Å². The number of H-pyrrole nitrogens is 1. The van der Waals surface area contributed by atoms with E-state index in [1.54, 1.807) is 0 Å². The van der Waals surface area contributed by atoms with Crippen LogP contribution in [-0.2, 0) is 0 Å². The molecule has 3 fully saturated rings. The molecule has 1 aromatic heterocycles. The van der Waals surface area contributed by atoms with Crippen LogP contribution in [0.4, 0.5) is 0 Å². The fourth-order valence-electron chi connectivity index (χ4n) is 4.46. The van der Waals surface area contributed by atoms with E-state index in [0.717, 1.165) is 36.3 Å². The van der Waals surface area contributed by atoms with E-state index in [1.165, 1.54) is 18.9 Å². The minimum Gasteiger partial charge on any atom is -0.322 e. The Labute approximate surface area is 135 Å². The summed E-state index contributed by atoms with van der Waals surface area (Å²) in [4.78, 5) is 30.2. The minimum absolute atomic E-state index is 0.0539. The number of hydrogen-bond donors (Lipinski definition) is 1. The second-order valence-electron chi connectivity index (χ2n) is 6.92. The number of piperidine rings is 3. The van der Waals surface area contributed by atoms with Gasteiger partial charge in [-0.1, -0.05) is 31.5 Å². The first kappa shape index (κ1) is 14.6. The second-order valence-corrected chi connectivity index (χ2v) is 6.92. The van der Waals surface area contributed by atoms with Crippen LogP contribution in [0, 0.1) is 11.8 Å². The molecule has 4 nitrogen and oxygen atoms in total. The highest BCUT2D eigenvalue weighted by Gasteiger charge is 2.42. The van der Waals surface area contributed by atoms with Crippen molar-refractivity contribution in [3.63, 3.8) is 0 Å². The number of Topliss-reactive ketones (excluding diaryl/α,β-unsaturated/α-hetero) is 1. The maximum absolute atomic E-state index is 13.2. The van der Waals surface area contributed by atoms with E-state index >= 15 is 0 Å². The Balaban J connectivity index is 1.72. The minimum atomic E-state index is -0.200. The van der Waals surface area contributed by atoms with E-state index in [-0.39, 0.29) is 17.4 Å². The summed E-state index contributed by atoms with van der Waals surface area (Å²) in [6.07, 6.45) is 3.34. The summed E-state index contributed by atoms with van der Waals surface area (Å²) in [5.74, 6) is 1.50. The zero-order valence-electron chi connectivity index (χ0n) is 13.4. The van der Waals surface area contributed by atoms with Gasteiger partial charge in [-0.25, -0.2) is 0 Å². The highest BCUT2D eigenvalue weighted by atomic mass is 16.1. The van der Waals surface area contributed by atoms with Gasteiger partial charge >= 0.3 is 0 Å². The standard InChI is InChI=1S/C19H22N2O2/c1-2-12-11-21-8-7-13(12)9-17(21)19(23)15-10-18(22)20-16-6-4-3-5-14(15)16/h3-6,10,12-13,17H,2,7-9,11H2,1H3,(H,20,22). The number of hydrogen-bond acceptors (Lipinski definition) is 3. The Bertz CT molecular complexity index is 810. The molecule has 4 atom stereocenters. The molecule has 1 aromatic carbocycles. The van der Waals surface area contributed by atoms with Gasteiger partial charge in [-0.05, 0) is 37.3 Å². The summed E-state index contributed by atoms with van der Waals surface area (Å²) >= 11 is 0. The van der Waals surface area contributed by atoms with Gasteiger partial charge in [-0.3, -0.25) is 14.5 Å². The third kappa shape index (κ3) is 2.41. The molecular weight excluding hydrogens is 288 g/mol. The molecule has 5 rings (SSSR count). The topological polar surface area (TPSA) is 53.2 Å². The number of carbonyl (C=O) groups excluding carboxylic acids is 1. The van der Waals surface area contributed by atoms with Crippen LogP contribution in [0.1, 0.15) is 36.5 Å². The molecular formula is C19H22N2O2. The molecule has 2 bridgehead atoms. The van der Waals surface area contributed by atoms with Crippen molar-refractivity contribution in [2.24, 2.45) is 11.8 Å². The Hall–Kier alpha value is -1.94. The van der Waals surface area contributed by atoms with Gasteiger partial charge in [0.15, 0.2) is 5.78 Å². The van der Waals surface area contributed by atoms with Crippen molar-refractivity contribution in [2.75, 3.05) is 13.1 Å². The molecule has 0 saturated carbocycles. The first-order valence-electron chi connectivity index (χ1n) is 8.57. The fraction of sp³-hybridized carbons (Fsp3) is 0.474. The Morgan fingerprint density at radius 3 is 2.91 bits per heavy atom. The molecule has 120 valence electrons.